The van der Waals surface area contributed by atoms with Gasteiger partial charge in [-0.15, -0.1) is 11.6 Å². The van der Waals surface area contributed by atoms with Crippen molar-refractivity contribution in [1.82, 2.24) is 14.5 Å². The third-order valence-corrected chi connectivity index (χ3v) is 3.37. The van der Waals surface area contributed by atoms with Gasteiger partial charge in [-0.05, 0) is 30.3 Å². The van der Waals surface area contributed by atoms with Crippen LogP contribution in [0.1, 0.15) is 5.82 Å². The van der Waals surface area contributed by atoms with Crippen molar-refractivity contribution in [3.05, 3.63) is 53.6 Å². The van der Waals surface area contributed by atoms with Crippen LogP contribution in [-0.2, 0) is 6.42 Å². The standard InChI is InChI=1S/C14H11Cl2N3/c15-7-5-14-18-12-9-17-8-6-13(12)19(14)11-3-1-10(16)2-4-11/h1-4,6,8-9H,5,7H2. The average molecular weight is 292 g/mol. The van der Waals surface area contributed by atoms with Gasteiger partial charge < -0.3 is 0 Å². The summed E-state index contributed by atoms with van der Waals surface area (Å²) in [6.07, 6.45) is 4.24. The molecule has 2 heterocycles. The first kappa shape index (κ1) is 12.5. The molecule has 0 unspecified atom stereocenters. The molecule has 3 nitrogen and oxygen atoms in total. The van der Waals surface area contributed by atoms with Crippen LogP contribution in [0.2, 0.25) is 5.02 Å². The van der Waals surface area contributed by atoms with Gasteiger partial charge in [0.25, 0.3) is 0 Å². The molecule has 0 aliphatic rings. The molecule has 1 aromatic carbocycles. The van der Waals surface area contributed by atoms with E-state index < -0.39 is 0 Å². The summed E-state index contributed by atoms with van der Waals surface area (Å²) in [4.78, 5) is 8.69. The molecule has 19 heavy (non-hydrogen) atoms. The maximum absolute atomic E-state index is 5.94. The normalized spacial score (nSPS) is 11.1. The molecule has 0 saturated heterocycles. The number of pyridine rings is 1. The van der Waals surface area contributed by atoms with E-state index in [1.165, 1.54) is 0 Å². The molecule has 0 radical (unpaired) electrons. The largest absolute Gasteiger partial charge is 0.296 e. The van der Waals surface area contributed by atoms with Gasteiger partial charge in [-0.3, -0.25) is 9.55 Å². The van der Waals surface area contributed by atoms with Crippen LogP contribution < -0.4 is 0 Å². The minimum atomic E-state index is 0.532. The predicted molar refractivity (Wildman–Crippen MR) is 78.3 cm³/mol. The molecular weight excluding hydrogens is 281 g/mol. The van der Waals surface area contributed by atoms with Crippen LogP contribution in [0.25, 0.3) is 16.7 Å². The minimum Gasteiger partial charge on any atom is -0.296 e. The van der Waals surface area contributed by atoms with Crippen molar-refractivity contribution in [2.75, 3.05) is 5.88 Å². The number of benzene rings is 1. The fourth-order valence-electron chi connectivity index (χ4n) is 2.11. The van der Waals surface area contributed by atoms with Crippen LogP contribution in [0.4, 0.5) is 0 Å². The van der Waals surface area contributed by atoms with E-state index in [9.17, 15) is 0 Å². The summed E-state index contributed by atoms with van der Waals surface area (Å²) in [5, 5.41) is 0.716. The lowest BCUT2D eigenvalue weighted by Crippen LogP contribution is -2.01. The number of imidazole rings is 1. The summed E-state index contributed by atoms with van der Waals surface area (Å²) in [5.74, 6) is 1.46. The van der Waals surface area contributed by atoms with Crippen molar-refractivity contribution < 1.29 is 0 Å². The molecule has 3 rings (SSSR count). The van der Waals surface area contributed by atoms with Gasteiger partial charge in [0, 0.05) is 29.2 Å². The van der Waals surface area contributed by atoms with E-state index >= 15 is 0 Å². The summed E-state index contributed by atoms with van der Waals surface area (Å²) >= 11 is 11.8. The van der Waals surface area contributed by atoms with E-state index in [1.54, 1.807) is 12.4 Å². The molecule has 0 bridgehead atoms. The Bertz CT molecular complexity index is 704. The van der Waals surface area contributed by atoms with E-state index in [0.717, 1.165) is 22.5 Å². The Hall–Kier alpha value is -1.58. The lowest BCUT2D eigenvalue weighted by atomic mass is 10.3. The first-order valence-corrected chi connectivity index (χ1v) is 6.84. The first-order valence-electron chi connectivity index (χ1n) is 5.93. The Morgan fingerprint density at radius 1 is 1.11 bits per heavy atom. The summed E-state index contributed by atoms with van der Waals surface area (Å²) in [6.45, 7) is 0. The second-order valence-corrected chi connectivity index (χ2v) is 4.96. The van der Waals surface area contributed by atoms with Crippen LogP contribution in [0.3, 0.4) is 0 Å². The molecular formula is C14H11Cl2N3. The Labute approximate surface area is 120 Å². The third kappa shape index (κ3) is 2.31. The van der Waals surface area contributed by atoms with Gasteiger partial charge in [0.05, 0.1) is 11.7 Å². The zero-order valence-corrected chi connectivity index (χ0v) is 11.6. The summed E-state index contributed by atoms with van der Waals surface area (Å²) in [5.41, 5.74) is 2.92. The summed E-state index contributed by atoms with van der Waals surface area (Å²) in [6, 6.07) is 9.64. The van der Waals surface area contributed by atoms with Gasteiger partial charge in [-0.1, -0.05) is 11.6 Å². The van der Waals surface area contributed by atoms with E-state index in [-0.39, 0.29) is 0 Å². The van der Waals surface area contributed by atoms with Crippen molar-refractivity contribution in [2.45, 2.75) is 6.42 Å². The highest BCUT2D eigenvalue weighted by Gasteiger charge is 2.11. The zero-order chi connectivity index (χ0) is 13.2. The van der Waals surface area contributed by atoms with Crippen molar-refractivity contribution in [1.29, 1.82) is 0 Å². The van der Waals surface area contributed by atoms with Crippen LogP contribution in [0, 0.1) is 0 Å². The number of nitrogens with zero attached hydrogens (tertiary/aromatic N) is 3. The molecule has 0 saturated carbocycles. The van der Waals surface area contributed by atoms with E-state index in [1.807, 2.05) is 30.3 Å². The Morgan fingerprint density at radius 2 is 1.89 bits per heavy atom. The lowest BCUT2D eigenvalue weighted by Gasteiger charge is -2.08. The maximum Gasteiger partial charge on any atom is 0.115 e. The molecule has 96 valence electrons. The second kappa shape index (κ2) is 5.19. The van der Waals surface area contributed by atoms with E-state index in [0.29, 0.717) is 17.3 Å². The second-order valence-electron chi connectivity index (χ2n) is 4.14. The Morgan fingerprint density at radius 3 is 2.63 bits per heavy atom. The Kier molecular flexibility index (Phi) is 3.40. The highest BCUT2D eigenvalue weighted by Crippen LogP contribution is 2.22. The fraction of sp³-hybridized carbons (Fsp3) is 0.143. The minimum absolute atomic E-state index is 0.532. The zero-order valence-electron chi connectivity index (χ0n) is 10.1. The number of hydrogen-bond donors (Lipinski definition) is 0. The van der Waals surface area contributed by atoms with E-state index in [4.69, 9.17) is 23.2 Å². The van der Waals surface area contributed by atoms with Gasteiger partial charge in [0.1, 0.15) is 11.3 Å². The number of alkyl halides is 1. The number of aryl methyl sites for hydroxylation is 1. The molecule has 0 atom stereocenters. The third-order valence-electron chi connectivity index (χ3n) is 2.93. The van der Waals surface area contributed by atoms with Crippen molar-refractivity contribution in [3.63, 3.8) is 0 Å². The van der Waals surface area contributed by atoms with Crippen LogP contribution in [0.15, 0.2) is 42.7 Å². The van der Waals surface area contributed by atoms with Crippen LogP contribution >= 0.6 is 23.2 Å². The smallest absolute Gasteiger partial charge is 0.115 e. The van der Waals surface area contributed by atoms with Gasteiger partial charge in [-0.2, -0.15) is 0 Å². The van der Waals surface area contributed by atoms with Crippen LogP contribution in [-0.4, -0.2) is 20.4 Å². The van der Waals surface area contributed by atoms with Gasteiger partial charge in [-0.25, -0.2) is 4.98 Å². The van der Waals surface area contributed by atoms with Crippen molar-refractivity contribution in [2.24, 2.45) is 0 Å². The topological polar surface area (TPSA) is 30.7 Å². The maximum atomic E-state index is 5.94. The number of fused-ring (bicyclic) bond motifs is 1. The first-order chi connectivity index (χ1) is 9.29. The van der Waals surface area contributed by atoms with Gasteiger partial charge in [0.2, 0.25) is 0 Å². The molecule has 0 spiro atoms. The number of rotatable bonds is 3. The number of halogens is 2. The quantitative estimate of drug-likeness (QED) is 0.686. The van der Waals surface area contributed by atoms with E-state index in [2.05, 4.69) is 14.5 Å². The molecule has 0 aliphatic carbocycles. The molecule has 0 fully saturated rings. The number of aromatic nitrogens is 3. The molecule has 2 aromatic heterocycles. The SMILES string of the molecule is ClCCc1nc2cnccc2n1-c1ccc(Cl)cc1. The molecule has 0 amide bonds. The van der Waals surface area contributed by atoms with Crippen LogP contribution in [0.5, 0.6) is 0 Å². The summed E-state index contributed by atoms with van der Waals surface area (Å²) in [7, 11) is 0. The molecule has 0 N–H and O–H groups in total. The monoisotopic (exact) mass is 291 g/mol. The molecule has 0 aliphatic heterocycles. The van der Waals surface area contributed by atoms with Gasteiger partial charge >= 0.3 is 0 Å². The highest BCUT2D eigenvalue weighted by atomic mass is 35.5. The summed E-state index contributed by atoms with van der Waals surface area (Å²) < 4.78 is 2.09. The lowest BCUT2D eigenvalue weighted by molar-refractivity contribution is 0.912. The molecule has 5 heteroatoms. The van der Waals surface area contributed by atoms with Gasteiger partial charge in [0.15, 0.2) is 0 Å². The fourth-order valence-corrected chi connectivity index (χ4v) is 2.41. The molecule has 3 aromatic rings. The Balaban J connectivity index is 2.24. The number of hydrogen-bond acceptors (Lipinski definition) is 2. The predicted octanol–water partition coefficient (Wildman–Crippen LogP) is 3.86. The van der Waals surface area contributed by atoms with Crippen molar-refractivity contribution in [3.8, 4) is 5.69 Å². The highest BCUT2D eigenvalue weighted by molar-refractivity contribution is 6.30. The average Bonchev–Trinajstić information content (AvgIpc) is 2.78. The van der Waals surface area contributed by atoms with Crippen molar-refractivity contribution >= 4 is 34.2 Å².